The Morgan fingerprint density at radius 2 is 2.11 bits per heavy atom. The number of nitrogens with one attached hydrogen (secondary N) is 1. The van der Waals surface area contributed by atoms with Crippen LogP contribution < -0.4 is 5.32 Å². The summed E-state index contributed by atoms with van der Waals surface area (Å²) in [6.45, 7) is 4.28. The Bertz CT molecular complexity index is 622. The molecule has 1 amide bonds. The minimum Gasteiger partial charge on any atom is -0.352 e. The van der Waals surface area contributed by atoms with E-state index in [1.54, 1.807) is 29.1 Å². The molecule has 1 aromatic carbocycles. The van der Waals surface area contributed by atoms with Gasteiger partial charge in [0.15, 0.2) is 0 Å². The molecule has 100 valence electrons. The summed E-state index contributed by atoms with van der Waals surface area (Å²) in [5.41, 5.74) is 2.07. The first-order chi connectivity index (χ1) is 9.04. The standard InChI is InChI=1S/C13H13Cl2N3O/c1-3-16-13(19)10-7-17-18(8(10)2)9-4-5-11(14)12(15)6-9/h4-7H,3H2,1-2H3,(H,16,19). The van der Waals surface area contributed by atoms with E-state index in [-0.39, 0.29) is 5.91 Å². The first kappa shape index (κ1) is 13.9. The van der Waals surface area contributed by atoms with E-state index in [1.165, 1.54) is 0 Å². The molecule has 1 N–H and O–H groups in total. The predicted octanol–water partition coefficient (Wildman–Crippen LogP) is 3.24. The lowest BCUT2D eigenvalue weighted by Crippen LogP contribution is -2.23. The number of benzene rings is 1. The topological polar surface area (TPSA) is 46.9 Å². The van der Waals surface area contributed by atoms with Crippen molar-refractivity contribution in [3.63, 3.8) is 0 Å². The average Bonchev–Trinajstić information content (AvgIpc) is 2.75. The van der Waals surface area contributed by atoms with Gasteiger partial charge in [-0.15, -0.1) is 0 Å². The zero-order chi connectivity index (χ0) is 14.0. The first-order valence-electron chi connectivity index (χ1n) is 5.82. The van der Waals surface area contributed by atoms with Crippen molar-refractivity contribution in [2.75, 3.05) is 6.54 Å². The van der Waals surface area contributed by atoms with Crippen LogP contribution in [0.2, 0.25) is 10.0 Å². The van der Waals surface area contributed by atoms with Gasteiger partial charge in [0.2, 0.25) is 0 Å². The van der Waals surface area contributed by atoms with Crippen LogP contribution in [0.15, 0.2) is 24.4 Å². The fourth-order valence-corrected chi connectivity index (χ4v) is 2.06. The van der Waals surface area contributed by atoms with Crippen molar-refractivity contribution in [1.29, 1.82) is 0 Å². The van der Waals surface area contributed by atoms with Gasteiger partial charge in [0.05, 0.1) is 33.2 Å². The molecule has 4 nitrogen and oxygen atoms in total. The number of halogens is 2. The molecular formula is C13H13Cl2N3O. The molecule has 0 fully saturated rings. The molecule has 19 heavy (non-hydrogen) atoms. The van der Waals surface area contributed by atoms with Crippen LogP contribution in [-0.2, 0) is 0 Å². The smallest absolute Gasteiger partial charge is 0.254 e. The van der Waals surface area contributed by atoms with Crippen LogP contribution >= 0.6 is 23.2 Å². The second-order valence-corrected chi connectivity index (χ2v) is 4.83. The van der Waals surface area contributed by atoms with Crippen LogP contribution in [-0.4, -0.2) is 22.2 Å². The second kappa shape index (κ2) is 5.63. The molecule has 0 bridgehead atoms. The predicted molar refractivity (Wildman–Crippen MR) is 76.3 cm³/mol. The number of hydrogen-bond acceptors (Lipinski definition) is 2. The Morgan fingerprint density at radius 1 is 1.37 bits per heavy atom. The molecule has 1 aromatic heterocycles. The molecule has 0 atom stereocenters. The van der Waals surface area contributed by atoms with Crippen LogP contribution in [0.3, 0.4) is 0 Å². The molecule has 2 aromatic rings. The largest absolute Gasteiger partial charge is 0.352 e. The maximum absolute atomic E-state index is 11.8. The van der Waals surface area contributed by atoms with Crippen molar-refractivity contribution in [3.05, 3.63) is 45.7 Å². The molecule has 0 aliphatic rings. The molecule has 1 heterocycles. The fraction of sp³-hybridized carbons (Fsp3) is 0.231. The molecule has 0 radical (unpaired) electrons. The minimum absolute atomic E-state index is 0.133. The Kier molecular flexibility index (Phi) is 4.12. The van der Waals surface area contributed by atoms with Gasteiger partial charge >= 0.3 is 0 Å². The summed E-state index contributed by atoms with van der Waals surface area (Å²) in [7, 11) is 0. The molecule has 0 aliphatic heterocycles. The summed E-state index contributed by atoms with van der Waals surface area (Å²) in [6.07, 6.45) is 1.54. The summed E-state index contributed by atoms with van der Waals surface area (Å²) in [4.78, 5) is 11.8. The highest BCUT2D eigenvalue weighted by Crippen LogP contribution is 2.25. The molecule has 0 unspecified atom stereocenters. The van der Waals surface area contributed by atoms with E-state index in [0.717, 1.165) is 11.4 Å². The van der Waals surface area contributed by atoms with Gasteiger partial charge in [-0.05, 0) is 32.0 Å². The molecule has 0 saturated carbocycles. The van der Waals surface area contributed by atoms with Gasteiger partial charge in [-0.1, -0.05) is 23.2 Å². The van der Waals surface area contributed by atoms with Crippen LogP contribution in [0.5, 0.6) is 0 Å². The van der Waals surface area contributed by atoms with Gasteiger partial charge in [-0.2, -0.15) is 5.10 Å². The number of hydrogen-bond donors (Lipinski definition) is 1. The highest BCUT2D eigenvalue weighted by atomic mass is 35.5. The van der Waals surface area contributed by atoms with Crippen LogP contribution in [0.4, 0.5) is 0 Å². The Balaban J connectivity index is 2.41. The fourth-order valence-electron chi connectivity index (χ4n) is 1.77. The summed E-state index contributed by atoms with van der Waals surface area (Å²) in [6, 6.07) is 5.22. The van der Waals surface area contributed by atoms with Gasteiger partial charge in [0.25, 0.3) is 5.91 Å². The highest BCUT2D eigenvalue weighted by molar-refractivity contribution is 6.42. The van der Waals surface area contributed by atoms with E-state index in [9.17, 15) is 4.79 Å². The Hall–Kier alpha value is -1.52. The van der Waals surface area contributed by atoms with Crippen LogP contribution in [0.25, 0.3) is 5.69 Å². The van der Waals surface area contributed by atoms with E-state index in [2.05, 4.69) is 10.4 Å². The number of aromatic nitrogens is 2. The number of carbonyl (C=O) groups excluding carboxylic acids is 1. The zero-order valence-corrected chi connectivity index (χ0v) is 12.1. The third-order valence-electron chi connectivity index (χ3n) is 2.74. The maximum atomic E-state index is 11.8. The second-order valence-electron chi connectivity index (χ2n) is 4.01. The van der Waals surface area contributed by atoms with Crippen molar-refractivity contribution < 1.29 is 4.79 Å². The average molecular weight is 298 g/mol. The maximum Gasteiger partial charge on any atom is 0.254 e. The number of carbonyl (C=O) groups is 1. The molecule has 6 heteroatoms. The molecule has 2 rings (SSSR count). The van der Waals surface area contributed by atoms with Gasteiger partial charge < -0.3 is 5.32 Å². The van der Waals surface area contributed by atoms with E-state index >= 15 is 0 Å². The quantitative estimate of drug-likeness (QED) is 0.945. The third kappa shape index (κ3) is 2.74. The highest BCUT2D eigenvalue weighted by Gasteiger charge is 2.14. The molecule has 0 saturated heterocycles. The lowest BCUT2D eigenvalue weighted by Gasteiger charge is -2.07. The monoisotopic (exact) mass is 297 g/mol. The van der Waals surface area contributed by atoms with Crippen LogP contribution in [0.1, 0.15) is 23.0 Å². The molecule has 0 aliphatic carbocycles. The number of amides is 1. The third-order valence-corrected chi connectivity index (χ3v) is 3.48. The molecule has 0 spiro atoms. The Morgan fingerprint density at radius 3 is 2.74 bits per heavy atom. The zero-order valence-electron chi connectivity index (χ0n) is 10.6. The van der Waals surface area contributed by atoms with Crippen molar-refractivity contribution in [3.8, 4) is 5.69 Å². The van der Waals surface area contributed by atoms with Gasteiger partial charge in [0.1, 0.15) is 0 Å². The Labute approximate surface area is 121 Å². The van der Waals surface area contributed by atoms with Gasteiger partial charge in [-0.3, -0.25) is 4.79 Å². The van der Waals surface area contributed by atoms with Crippen molar-refractivity contribution in [2.45, 2.75) is 13.8 Å². The molecular weight excluding hydrogens is 285 g/mol. The van der Waals surface area contributed by atoms with Crippen molar-refractivity contribution in [2.24, 2.45) is 0 Å². The summed E-state index contributed by atoms with van der Waals surface area (Å²) >= 11 is 11.9. The van der Waals surface area contributed by atoms with E-state index in [0.29, 0.717) is 22.2 Å². The minimum atomic E-state index is -0.133. The van der Waals surface area contributed by atoms with Crippen molar-refractivity contribution in [1.82, 2.24) is 15.1 Å². The summed E-state index contributed by atoms with van der Waals surface area (Å²) in [5.74, 6) is -0.133. The summed E-state index contributed by atoms with van der Waals surface area (Å²) in [5, 5.41) is 7.90. The van der Waals surface area contributed by atoms with Crippen molar-refractivity contribution >= 4 is 29.1 Å². The van der Waals surface area contributed by atoms with Gasteiger partial charge in [-0.25, -0.2) is 4.68 Å². The SMILES string of the molecule is CCNC(=O)c1cnn(-c2ccc(Cl)c(Cl)c2)c1C. The van der Waals surface area contributed by atoms with E-state index < -0.39 is 0 Å². The summed E-state index contributed by atoms with van der Waals surface area (Å²) < 4.78 is 1.66. The van der Waals surface area contributed by atoms with E-state index in [4.69, 9.17) is 23.2 Å². The normalized spacial score (nSPS) is 10.5. The number of rotatable bonds is 3. The van der Waals surface area contributed by atoms with E-state index in [1.807, 2.05) is 13.8 Å². The lowest BCUT2D eigenvalue weighted by molar-refractivity contribution is 0.0955. The lowest BCUT2D eigenvalue weighted by atomic mass is 10.2. The first-order valence-corrected chi connectivity index (χ1v) is 6.58. The van der Waals surface area contributed by atoms with Gasteiger partial charge in [0, 0.05) is 6.54 Å². The van der Waals surface area contributed by atoms with Crippen LogP contribution in [0, 0.1) is 6.92 Å². The number of nitrogens with zero attached hydrogens (tertiary/aromatic N) is 2.